The molecule has 12 heavy (non-hydrogen) atoms. The summed E-state index contributed by atoms with van der Waals surface area (Å²) in [4.78, 5) is 10.6. The van der Waals surface area contributed by atoms with E-state index in [0.717, 1.165) is 0 Å². The van der Waals surface area contributed by atoms with Crippen LogP contribution in [-0.4, -0.2) is 24.9 Å². The first-order chi connectivity index (χ1) is 5.52. The summed E-state index contributed by atoms with van der Waals surface area (Å²) in [5, 5.41) is 1.96. The number of carbonyl (C=O) groups excluding carboxylic acids is 1. The molecule has 0 aliphatic carbocycles. The number of carbonyl (C=O) groups is 1. The van der Waals surface area contributed by atoms with Crippen molar-refractivity contribution in [3.05, 3.63) is 0 Å². The Bertz CT molecular complexity index is 198. The van der Waals surface area contributed by atoms with Gasteiger partial charge >= 0.3 is 0 Å². The Kier molecular flexibility index (Phi) is 4.22. The SMILES string of the molecule is C#CCC(=O)NCC(F)(F)CN. The minimum atomic E-state index is -3.05. The van der Waals surface area contributed by atoms with Crippen LogP contribution in [0.4, 0.5) is 8.78 Å². The highest BCUT2D eigenvalue weighted by atomic mass is 19.3. The van der Waals surface area contributed by atoms with Crippen molar-refractivity contribution >= 4 is 5.91 Å². The number of halogens is 2. The van der Waals surface area contributed by atoms with Gasteiger partial charge in [0, 0.05) is 0 Å². The topological polar surface area (TPSA) is 55.1 Å². The van der Waals surface area contributed by atoms with Gasteiger partial charge in [-0.25, -0.2) is 8.78 Å². The van der Waals surface area contributed by atoms with E-state index in [1.807, 2.05) is 11.2 Å². The maximum absolute atomic E-state index is 12.4. The molecule has 0 rings (SSSR count). The summed E-state index contributed by atoms with van der Waals surface area (Å²) in [6.45, 7) is -1.55. The Balaban J connectivity index is 3.69. The summed E-state index contributed by atoms with van der Waals surface area (Å²) in [5.74, 6) is -1.61. The summed E-state index contributed by atoms with van der Waals surface area (Å²) in [7, 11) is 0. The van der Waals surface area contributed by atoms with E-state index in [9.17, 15) is 13.6 Å². The molecular formula is C7H10F2N2O. The molecule has 5 heteroatoms. The molecule has 68 valence electrons. The van der Waals surface area contributed by atoms with Gasteiger partial charge in [0.2, 0.25) is 5.91 Å². The first kappa shape index (κ1) is 10.8. The second kappa shape index (κ2) is 4.67. The molecule has 0 aromatic heterocycles. The van der Waals surface area contributed by atoms with Crippen molar-refractivity contribution in [3.63, 3.8) is 0 Å². The van der Waals surface area contributed by atoms with Gasteiger partial charge in [0.1, 0.15) is 0 Å². The van der Waals surface area contributed by atoms with Crippen LogP contribution in [0.5, 0.6) is 0 Å². The second-order valence-electron chi connectivity index (χ2n) is 2.22. The van der Waals surface area contributed by atoms with E-state index in [4.69, 9.17) is 12.2 Å². The van der Waals surface area contributed by atoms with Crippen LogP contribution in [0.1, 0.15) is 6.42 Å². The minimum absolute atomic E-state index is 0.194. The predicted molar refractivity (Wildman–Crippen MR) is 40.5 cm³/mol. The lowest BCUT2D eigenvalue weighted by atomic mass is 10.3. The third-order valence-electron chi connectivity index (χ3n) is 1.11. The van der Waals surface area contributed by atoms with Gasteiger partial charge in [-0.05, 0) is 0 Å². The monoisotopic (exact) mass is 176 g/mol. The Labute approximate surface area is 69.3 Å². The molecule has 0 aromatic rings. The first-order valence-corrected chi connectivity index (χ1v) is 3.30. The van der Waals surface area contributed by atoms with E-state index < -0.39 is 24.9 Å². The van der Waals surface area contributed by atoms with E-state index in [-0.39, 0.29) is 6.42 Å². The zero-order valence-corrected chi connectivity index (χ0v) is 6.44. The zero-order chi connectivity index (χ0) is 9.61. The van der Waals surface area contributed by atoms with Crippen molar-refractivity contribution in [1.82, 2.24) is 5.32 Å². The van der Waals surface area contributed by atoms with Crippen LogP contribution in [0.15, 0.2) is 0 Å². The van der Waals surface area contributed by atoms with Crippen LogP contribution < -0.4 is 11.1 Å². The largest absolute Gasteiger partial charge is 0.349 e. The first-order valence-electron chi connectivity index (χ1n) is 3.30. The lowest BCUT2D eigenvalue weighted by Gasteiger charge is -2.13. The predicted octanol–water partition coefficient (Wildman–Crippen LogP) is -0.280. The van der Waals surface area contributed by atoms with Gasteiger partial charge in [-0.15, -0.1) is 6.42 Å². The summed E-state index contributed by atoms with van der Waals surface area (Å²) in [5.41, 5.74) is 4.72. The third kappa shape index (κ3) is 4.63. The number of nitrogens with two attached hydrogens (primary N) is 1. The molecule has 0 heterocycles. The highest BCUT2D eigenvalue weighted by Crippen LogP contribution is 2.08. The lowest BCUT2D eigenvalue weighted by molar-refractivity contribution is -0.121. The van der Waals surface area contributed by atoms with Crippen molar-refractivity contribution in [2.45, 2.75) is 12.3 Å². The molecule has 0 aliphatic rings. The Morgan fingerprint density at radius 1 is 1.67 bits per heavy atom. The molecule has 0 radical (unpaired) electrons. The van der Waals surface area contributed by atoms with Crippen molar-refractivity contribution in [3.8, 4) is 12.3 Å². The summed E-state index contributed by atoms with van der Waals surface area (Å²) >= 11 is 0. The molecule has 0 unspecified atom stereocenters. The zero-order valence-electron chi connectivity index (χ0n) is 6.44. The van der Waals surface area contributed by atoms with E-state index in [0.29, 0.717) is 0 Å². The molecule has 0 aromatic carbocycles. The Morgan fingerprint density at radius 3 is 2.67 bits per heavy atom. The quantitative estimate of drug-likeness (QED) is 0.579. The Hall–Kier alpha value is -1.15. The van der Waals surface area contributed by atoms with Crippen molar-refractivity contribution < 1.29 is 13.6 Å². The second-order valence-corrected chi connectivity index (χ2v) is 2.22. The molecule has 0 spiro atoms. The number of rotatable bonds is 4. The molecule has 3 N–H and O–H groups in total. The molecule has 0 aliphatic heterocycles. The van der Waals surface area contributed by atoms with Gasteiger partial charge in [0.05, 0.1) is 19.5 Å². The Morgan fingerprint density at radius 2 is 2.25 bits per heavy atom. The van der Waals surface area contributed by atoms with E-state index >= 15 is 0 Å². The molecule has 1 amide bonds. The van der Waals surface area contributed by atoms with Crippen molar-refractivity contribution in [2.24, 2.45) is 5.73 Å². The van der Waals surface area contributed by atoms with Crippen LogP contribution in [0.2, 0.25) is 0 Å². The van der Waals surface area contributed by atoms with Gasteiger partial charge in [-0.3, -0.25) is 4.79 Å². The molecule has 0 saturated heterocycles. The van der Waals surface area contributed by atoms with Gasteiger partial charge in [-0.2, -0.15) is 0 Å². The number of hydrogen-bond acceptors (Lipinski definition) is 2. The maximum Gasteiger partial charge on any atom is 0.277 e. The van der Waals surface area contributed by atoms with Gasteiger partial charge in [-0.1, -0.05) is 5.92 Å². The number of hydrogen-bond donors (Lipinski definition) is 2. The van der Waals surface area contributed by atoms with Gasteiger partial charge < -0.3 is 11.1 Å². The average Bonchev–Trinajstić information content (AvgIpc) is 2.02. The fourth-order valence-electron chi connectivity index (χ4n) is 0.455. The summed E-state index contributed by atoms with van der Waals surface area (Å²) in [6, 6.07) is 0. The minimum Gasteiger partial charge on any atom is -0.349 e. The lowest BCUT2D eigenvalue weighted by Crippen LogP contribution is -2.41. The maximum atomic E-state index is 12.4. The number of amides is 1. The molecule has 0 bridgehead atoms. The number of nitrogens with one attached hydrogen (secondary N) is 1. The van der Waals surface area contributed by atoms with Gasteiger partial charge in [0.15, 0.2) is 0 Å². The number of terminal acetylenes is 1. The highest BCUT2D eigenvalue weighted by Gasteiger charge is 2.26. The summed E-state index contributed by atoms with van der Waals surface area (Å²) in [6.07, 6.45) is 4.58. The number of alkyl halides is 2. The van der Waals surface area contributed by atoms with E-state index in [1.54, 1.807) is 0 Å². The summed E-state index contributed by atoms with van der Waals surface area (Å²) < 4.78 is 24.7. The molecule has 0 saturated carbocycles. The molecule has 0 fully saturated rings. The standard InChI is InChI=1S/C7H10F2N2O/c1-2-3-6(12)11-5-7(8,9)4-10/h1H,3-5,10H2,(H,11,12). The fourth-order valence-corrected chi connectivity index (χ4v) is 0.455. The smallest absolute Gasteiger partial charge is 0.277 e. The molecule has 3 nitrogen and oxygen atoms in total. The van der Waals surface area contributed by atoms with Gasteiger partial charge in [0.25, 0.3) is 5.92 Å². The molecule has 0 atom stereocenters. The van der Waals surface area contributed by atoms with E-state index in [2.05, 4.69) is 0 Å². The van der Waals surface area contributed by atoms with Crippen LogP contribution in [0.25, 0.3) is 0 Å². The normalized spacial score (nSPS) is 10.5. The van der Waals surface area contributed by atoms with Crippen molar-refractivity contribution in [1.29, 1.82) is 0 Å². The van der Waals surface area contributed by atoms with Crippen molar-refractivity contribution in [2.75, 3.05) is 13.1 Å². The average molecular weight is 176 g/mol. The molecular weight excluding hydrogens is 166 g/mol. The fraction of sp³-hybridized carbons (Fsp3) is 0.571. The van der Waals surface area contributed by atoms with E-state index in [1.165, 1.54) is 0 Å². The highest BCUT2D eigenvalue weighted by molar-refractivity contribution is 5.78. The van der Waals surface area contributed by atoms with Crippen LogP contribution in [-0.2, 0) is 4.79 Å². The van der Waals surface area contributed by atoms with Crippen LogP contribution in [0, 0.1) is 12.3 Å². The van der Waals surface area contributed by atoms with Crippen LogP contribution >= 0.6 is 0 Å². The van der Waals surface area contributed by atoms with Crippen LogP contribution in [0.3, 0.4) is 0 Å². The third-order valence-corrected chi connectivity index (χ3v) is 1.11.